The molecule has 0 atom stereocenters. The van der Waals surface area contributed by atoms with Crippen LogP contribution in [0.1, 0.15) is 6.92 Å². The Morgan fingerprint density at radius 2 is 1.75 bits per heavy atom. The molecule has 0 aliphatic heterocycles. The maximum atomic E-state index is 3.41. The minimum Gasteiger partial charge on any atom is -0.256 e. The molecule has 0 spiro atoms. The van der Waals surface area contributed by atoms with E-state index in [1.54, 1.807) is 6.08 Å². The van der Waals surface area contributed by atoms with Gasteiger partial charge in [-0.15, -0.1) is 13.2 Å². The van der Waals surface area contributed by atoms with E-state index in [1.165, 1.54) is 0 Å². The SMILES string of the molecule is C=C.C=C[C-]=CC.[K+]. The molecule has 0 aromatic rings. The second-order valence-electron chi connectivity index (χ2n) is 0.659. The van der Waals surface area contributed by atoms with E-state index >= 15 is 0 Å². The van der Waals surface area contributed by atoms with Crippen LogP contribution in [0, 0.1) is 6.08 Å². The fourth-order valence-electron chi connectivity index (χ4n) is 0.118. The average molecular weight is 134 g/mol. The molecule has 0 nitrogen and oxygen atoms in total. The van der Waals surface area contributed by atoms with Crippen molar-refractivity contribution in [2.75, 3.05) is 0 Å². The van der Waals surface area contributed by atoms with Gasteiger partial charge in [0, 0.05) is 0 Å². The first kappa shape index (κ1) is 15.9. The molecule has 0 saturated heterocycles. The Bertz CT molecular complexity index is 55.4. The summed E-state index contributed by atoms with van der Waals surface area (Å²) in [7, 11) is 0. The van der Waals surface area contributed by atoms with Crippen molar-refractivity contribution in [3.05, 3.63) is 38.0 Å². The molecule has 0 rings (SSSR count). The first-order valence-corrected chi connectivity index (χ1v) is 2.06. The monoisotopic (exact) mass is 134 g/mol. The Labute approximate surface area is 94.8 Å². The molecule has 0 heterocycles. The van der Waals surface area contributed by atoms with Crippen LogP contribution in [0.4, 0.5) is 0 Å². The van der Waals surface area contributed by atoms with Gasteiger partial charge in [0.05, 0.1) is 0 Å². The summed E-state index contributed by atoms with van der Waals surface area (Å²) < 4.78 is 0. The van der Waals surface area contributed by atoms with Crippen LogP contribution in [0.5, 0.6) is 0 Å². The quantitative estimate of drug-likeness (QED) is 0.194. The standard InChI is InChI=1S/C5H7.C2H4.K/c1-3-5-4-2;1-2;/h3-4H,1H2,2H3;1-2H2;/q-1;;+1. The Morgan fingerprint density at radius 1 is 1.38 bits per heavy atom. The van der Waals surface area contributed by atoms with Crippen molar-refractivity contribution >= 4 is 0 Å². The second kappa shape index (κ2) is 24.8. The van der Waals surface area contributed by atoms with Crippen LogP contribution >= 0.6 is 0 Å². The van der Waals surface area contributed by atoms with E-state index in [-0.39, 0.29) is 51.4 Å². The van der Waals surface area contributed by atoms with Gasteiger partial charge < -0.3 is 0 Å². The third kappa shape index (κ3) is 28.8. The summed E-state index contributed by atoms with van der Waals surface area (Å²) in [5.41, 5.74) is 0. The van der Waals surface area contributed by atoms with Crippen molar-refractivity contribution < 1.29 is 51.4 Å². The number of hydrogen-bond acceptors (Lipinski definition) is 0. The Hall–Kier alpha value is 0.856. The molecule has 0 aliphatic rings. The molecule has 0 unspecified atom stereocenters. The third-order valence-electron chi connectivity index (χ3n) is 0.285. The van der Waals surface area contributed by atoms with Crippen LogP contribution in [-0.4, -0.2) is 0 Å². The molecule has 40 valence electrons. The fraction of sp³-hybridized carbons (Fsp3) is 0.143. The van der Waals surface area contributed by atoms with Gasteiger partial charge in [-0.05, 0) is 0 Å². The van der Waals surface area contributed by atoms with E-state index in [0.29, 0.717) is 0 Å². The van der Waals surface area contributed by atoms with E-state index in [4.69, 9.17) is 0 Å². The summed E-state index contributed by atoms with van der Waals surface area (Å²) in [6, 6.07) is 0. The van der Waals surface area contributed by atoms with Gasteiger partial charge in [0.2, 0.25) is 0 Å². The molecular formula is C7H11K. The van der Waals surface area contributed by atoms with Gasteiger partial charge in [0.15, 0.2) is 0 Å². The van der Waals surface area contributed by atoms with E-state index in [9.17, 15) is 0 Å². The Balaban J connectivity index is -0.0000000750. The van der Waals surface area contributed by atoms with Crippen molar-refractivity contribution in [1.82, 2.24) is 0 Å². The van der Waals surface area contributed by atoms with Gasteiger partial charge in [-0.2, -0.15) is 6.08 Å². The second-order valence-corrected chi connectivity index (χ2v) is 0.659. The molecule has 0 radical (unpaired) electrons. The first-order valence-electron chi connectivity index (χ1n) is 2.06. The first-order chi connectivity index (χ1) is 3.41. The zero-order chi connectivity index (χ0) is 6.12. The van der Waals surface area contributed by atoms with Crippen LogP contribution < -0.4 is 51.4 Å². The van der Waals surface area contributed by atoms with Crippen LogP contribution in [-0.2, 0) is 0 Å². The molecule has 0 amide bonds. The van der Waals surface area contributed by atoms with E-state index in [0.717, 1.165) is 0 Å². The molecule has 0 saturated carbocycles. The molecule has 0 N–H and O–H groups in total. The zero-order valence-electron chi connectivity index (χ0n) is 5.78. The van der Waals surface area contributed by atoms with Gasteiger partial charge >= 0.3 is 51.4 Å². The summed E-state index contributed by atoms with van der Waals surface area (Å²) in [6.07, 6.45) is 6.19. The summed E-state index contributed by atoms with van der Waals surface area (Å²) >= 11 is 0. The predicted octanol–water partition coefficient (Wildman–Crippen LogP) is -0.642. The summed E-state index contributed by atoms with van der Waals surface area (Å²) in [5, 5.41) is 0. The number of allylic oxidation sites excluding steroid dienone is 3. The normalized spacial score (nSPS) is 6.12. The topological polar surface area (TPSA) is 0 Å². The minimum absolute atomic E-state index is 0. The maximum Gasteiger partial charge on any atom is 1.00 e. The van der Waals surface area contributed by atoms with Crippen molar-refractivity contribution in [3.8, 4) is 0 Å². The van der Waals surface area contributed by atoms with Crippen LogP contribution in [0.25, 0.3) is 0 Å². The summed E-state index contributed by atoms with van der Waals surface area (Å²) in [5.74, 6) is 0. The van der Waals surface area contributed by atoms with Crippen LogP contribution in [0.15, 0.2) is 31.9 Å². The van der Waals surface area contributed by atoms with Gasteiger partial charge in [0.25, 0.3) is 0 Å². The molecule has 0 fully saturated rings. The molecule has 0 aromatic heterocycles. The van der Waals surface area contributed by atoms with Gasteiger partial charge in [-0.3, -0.25) is 6.08 Å². The van der Waals surface area contributed by atoms with Crippen molar-refractivity contribution in [3.63, 3.8) is 0 Å². The van der Waals surface area contributed by atoms with Crippen molar-refractivity contribution in [2.24, 2.45) is 0 Å². The molecule has 1 heteroatoms. The van der Waals surface area contributed by atoms with E-state index in [2.05, 4.69) is 25.8 Å². The van der Waals surface area contributed by atoms with E-state index < -0.39 is 0 Å². The van der Waals surface area contributed by atoms with Crippen molar-refractivity contribution in [2.45, 2.75) is 6.92 Å². The van der Waals surface area contributed by atoms with E-state index in [1.807, 2.05) is 13.0 Å². The smallest absolute Gasteiger partial charge is 0.256 e. The third-order valence-corrected chi connectivity index (χ3v) is 0.285. The number of hydrogen-bond donors (Lipinski definition) is 0. The van der Waals surface area contributed by atoms with Gasteiger partial charge in [-0.25, -0.2) is 12.7 Å². The van der Waals surface area contributed by atoms with Crippen LogP contribution in [0.3, 0.4) is 0 Å². The molecule has 0 bridgehead atoms. The maximum absolute atomic E-state index is 3.41. The predicted molar refractivity (Wildman–Crippen MR) is 34.9 cm³/mol. The Morgan fingerprint density at radius 3 is 1.75 bits per heavy atom. The van der Waals surface area contributed by atoms with Gasteiger partial charge in [0.1, 0.15) is 0 Å². The van der Waals surface area contributed by atoms with Gasteiger partial charge in [-0.1, -0.05) is 6.92 Å². The molecule has 0 aromatic carbocycles. The summed E-state index contributed by atoms with van der Waals surface area (Å²) in [6.45, 7) is 11.3. The average Bonchev–Trinajstić information content (AvgIpc) is 1.75. The minimum atomic E-state index is 0. The molecule has 8 heavy (non-hydrogen) atoms. The molecule has 0 aliphatic carbocycles. The number of rotatable bonds is 1. The summed E-state index contributed by atoms with van der Waals surface area (Å²) in [4.78, 5) is 0. The largest absolute Gasteiger partial charge is 1.00 e. The van der Waals surface area contributed by atoms with Crippen molar-refractivity contribution in [1.29, 1.82) is 0 Å². The molecular weight excluding hydrogens is 123 g/mol. The zero-order valence-corrected chi connectivity index (χ0v) is 8.90. The van der Waals surface area contributed by atoms with Crippen LogP contribution in [0.2, 0.25) is 0 Å². The fourth-order valence-corrected chi connectivity index (χ4v) is 0.118. The Kier molecular flexibility index (Phi) is 49.5.